The minimum Gasteiger partial charge on any atom is -0.496 e. The molecule has 0 bridgehead atoms. The van der Waals surface area contributed by atoms with Gasteiger partial charge in [0.1, 0.15) is 5.75 Å². The lowest BCUT2D eigenvalue weighted by atomic mass is 10.1. The van der Waals surface area contributed by atoms with Crippen LogP contribution in [0, 0.1) is 13.8 Å². The zero-order valence-corrected chi connectivity index (χ0v) is 12.7. The van der Waals surface area contributed by atoms with Crippen LogP contribution in [-0.2, 0) is 13.0 Å². The van der Waals surface area contributed by atoms with Crippen LogP contribution in [-0.4, -0.2) is 21.6 Å². The first-order valence-corrected chi connectivity index (χ1v) is 6.79. The summed E-state index contributed by atoms with van der Waals surface area (Å²) in [5.74, 6) is 0.771. The number of aryl methyl sites for hydroxylation is 2. The van der Waals surface area contributed by atoms with Crippen molar-refractivity contribution in [3.8, 4) is 5.75 Å². The molecule has 0 saturated heterocycles. The van der Waals surface area contributed by atoms with Crippen molar-refractivity contribution in [2.45, 2.75) is 33.7 Å². The molecule has 0 aliphatic carbocycles. The first-order valence-electron chi connectivity index (χ1n) is 6.79. The van der Waals surface area contributed by atoms with E-state index in [2.05, 4.69) is 9.97 Å². The number of aromatic amines is 1. The maximum Gasteiger partial charge on any atom is 0.328 e. The van der Waals surface area contributed by atoms with Crippen LogP contribution in [0.3, 0.4) is 0 Å². The Labute approximate surface area is 122 Å². The second kappa shape index (κ2) is 5.95. The largest absolute Gasteiger partial charge is 0.496 e. The van der Waals surface area contributed by atoms with Gasteiger partial charge in [-0.1, -0.05) is 6.92 Å². The molecule has 0 unspecified atom stereocenters. The van der Waals surface area contributed by atoms with E-state index in [0.29, 0.717) is 18.5 Å². The van der Waals surface area contributed by atoms with Gasteiger partial charge in [-0.2, -0.15) is 0 Å². The fraction of sp³-hybridized carbons (Fsp3) is 0.400. The first kappa shape index (κ1) is 15.0. The van der Waals surface area contributed by atoms with Crippen molar-refractivity contribution in [3.05, 3.63) is 55.6 Å². The van der Waals surface area contributed by atoms with E-state index in [1.807, 2.05) is 20.8 Å². The highest BCUT2D eigenvalue weighted by atomic mass is 16.5. The highest BCUT2D eigenvalue weighted by Gasteiger charge is 2.11. The van der Waals surface area contributed by atoms with Crippen LogP contribution in [0.15, 0.2) is 22.0 Å². The Morgan fingerprint density at radius 2 is 2.05 bits per heavy atom. The number of hydrogen-bond donors (Lipinski definition) is 1. The second-order valence-electron chi connectivity index (χ2n) is 4.94. The van der Waals surface area contributed by atoms with E-state index in [1.165, 1.54) is 4.57 Å². The second-order valence-corrected chi connectivity index (χ2v) is 4.94. The van der Waals surface area contributed by atoms with E-state index in [0.717, 1.165) is 22.6 Å². The van der Waals surface area contributed by atoms with E-state index >= 15 is 0 Å². The quantitative estimate of drug-likeness (QED) is 0.916. The van der Waals surface area contributed by atoms with Crippen molar-refractivity contribution in [2.75, 3.05) is 7.11 Å². The van der Waals surface area contributed by atoms with Crippen molar-refractivity contribution in [1.82, 2.24) is 14.5 Å². The minimum absolute atomic E-state index is 0.297. The van der Waals surface area contributed by atoms with Gasteiger partial charge in [0, 0.05) is 29.1 Å². The molecule has 2 aromatic heterocycles. The Bertz CT molecular complexity index is 775. The molecular weight excluding hydrogens is 270 g/mol. The summed E-state index contributed by atoms with van der Waals surface area (Å²) in [7, 11) is 1.61. The number of methoxy groups -OCH3 is 1. The third-order valence-electron chi connectivity index (χ3n) is 3.54. The van der Waals surface area contributed by atoms with E-state index in [9.17, 15) is 9.59 Å². The molecule has 0 amide bonds. The van der Waals surface area contributed by atoms with E-state index < -0.39 is 5.69 Å². The fourth-order valence-electron chi connectivity index (χ4n) is 2.32. The molecule has 0 spiro atoms. The third kappa shape index (κ3) is 2.89. The number of H-pyrrole nitrogens is 1. The summed E-state index contributed by atoms with van der Waals surface area (Å²) in [4.78, 5) is 30.2. The molecule has 2 heterocycles. The molecule has 0 aromatic carbocycles. The molecule has 21 heavy (non-hydrogen) atoms. The first-order chi connectivity index (χ1) is 9.97. The monoisotopic (exact) mass is 289 g/mol. The Kier molecular flexibility index (Phi) is 4.26. The Balaban J connectivity index is 2.48. The lowest BCUT2D eigenvalue weighted by Gasteiger charge is -2.13. The predicted octanol–water partition coefficient (Wildman–Crippen LogP) is 1.17. The van der Waals surface area contributed by atoms with Crippen molar-refractivity contribution >= 4 is 0 Å². The number of nitrogens with zero attached hydrogens (tertiary/aromatic N) is 2. The van der Waals surface area contributed by atoms with Gasteiger partial charge >= 0.3 is 5.69 Å². The smallest absolute Gasteiger partial charge is 0.328 e. The topological polar surface area (TPSA) is 77.0 Å². The van der Waals surface area contributed by atoms with E-state index in [-0.39, 0.29) is 5.56 Å². The molecule has 0 saturated carbocycles. The third-order valence-corrected chi connectivity index (χ3v) is 3.54. The maximum absolute atomic E-state index is 11.9. The van der Waals surface area contributed by atoms with Gasteiger partial charge < -0.3 is 4.74 Å². The molecular formula is C15H19N3O3. The Hall–Kier alpha value is -2.37. The van der Waals surface area contributed by atoms with Crippen molar-refractivity contribution < 1.29 is 4.74 Å². The molecule has 2 rings (SSSR count). The SMILES string of the molecule is CCc1cn(Cc2ncc(C)c(OC)c2C)c(=O)[nH]c1=O. The zero-order valence-electron chi connectivity index (χ0n) is 12.7. The number of ether oxygens (including phenoxy) is 1. The summed E-state index contributed by atoms with van der Waals surface area (Å²) in [5, 5.41) is 0. The molecule has 0 fully saturated rings. The molecule has 2 aromatic rings. The molecule has 0 aliphatic heterocycles. The summed E-state index contributed by atoms with van der Waals surface area (Å²) in [6.07, 6.45) is 3.88. The van der Waals surface area contributed by atoms with Gasteiger partial charge in [-0.25, -0.2) is 4.79 Å². The lowest BCUT2D eigenvalue weighted by molar-refractivity contribution is 0.406. The zero-order chi connectivity index (χ0) is 15.6. The predicted molar refractivity (Wildman–Crippen MR) is 80.1 cm³/mol. The molecule has 0 radical (unpaired) electrons. The number of nitrogens with one attached hydrogen (secondary N) is 1. The molecule has 1 N–H and O–H groups in total. The van der Waals surface area contributed by atoms with Crippen LogP contribution in [0.4, 0.5) is 0 Å². The Morgan fingerprint density at radius 3 is 2.67 bits per heavy atom. The molecule has 112 valence electrons. The molecule has 6 heteroatoms. The standard InChI is InChI=1S/C15H19N3O3/c1-5-11-7-18(15(20)17-14(11)19)8-12-10(3)13(21-4)9(2)6-16-12/h6-7H,5,8H2,1-4H3,(H,17,19,20). The normalized spacial score (nSPS) is 10.7. The molecule has 6 nitrogen and oxygen atoms in total. The van der Waals surface area contributed by atoms with Crippen LogP contribution < -0.4 is 16.0 Å². The average molecular weight is 289 g/mol. The highest BCUT2D eigenvalue weighted by molar-refractivity contribution is 5.41. The minimum atomic E-state index is -0.432. The number of rotatable bonds is 4. The van der Waals surface area contributed by atoms with Crippen LogP contribution >= 0.6 is 0 Å². The van der Waals surface area contributed by atoms with Gasteiger partial charge in [-0.15, -0.1) is 0 Å². The summed E-state index contributed by atoms with van der Waals surface area (Å²) >= 11 is 0. The lowest BCUT2D eigenvalue weighted by Crippen LogP contribution is -2.32. The van der Waals surface area contributed by atoms with Gasteiger partial charge in [-0.05, 0) is 20.3 Å². The summed E-state index contributed by atoms with van der Waals surface area (Å²) in [6, 6.07) is 0. The van der Waals surface area contributed by atoms with Crippen LogP contribution in [0.1, 0.15) is 29.3 Å². The summed E-state index contributed by atoms with van der Waals surface area (Å²) in [6.45, 7) is 6.00. The van der Waals surface area contributed by atoms with Crippen molar-refractivity contribution in [1.29, 1.82) is 0 Å². The van der Waals surface area contributed by atoms with Crippen molar-refractivity contribution in [3.63, 3.8) is 0 Å². The van der Waals surface area contributed by atoms with Gasteiger partial charge in [0.15, 0.2) is 0 Å². The van der Waals surface area contributed by atoms with Crippen molar-refractivity contribution in [2.24, 2.45) is 0 Å². The number of aromatic nitrogens is 3. The van der Waals surface area contributed by atoms with Gasteiger partial charge in [0.25, 0.3) is 5.56 Å². The number of hydrogen-bond acceptors (Lipinski definition) is 4. The molecule has 0 aliphatic rings. The summed E-state index contributed by atoms with van der Waals surface area (Å²) < 4.78 is 6.83. The van der Waals surface area contributed by atoms with E-state index in [4.69, 9.17) is 4.74 Å². The number of pyridine rings is 1. The maximum atomic E-state index is 11.9. The van der Waals surface area contributed by atoms with Crippen LogP contribution in [0.2, 0.25) is 0 Å². The molecule has 0 atom stereocenters. The highest BCUT2D eigenvalue weighted by Crippen LogP contribution is 2.24. The van der Waals surface area contributed by atoms with E-state index in [1.54, 1.807) is 19.5 Å². The van der Waals surface area contributed by atoms with Crippen LogP contribution in [0.25, 0.3) is 0 Å². The van der Waals surface area contributed by atoms with Gasteiger partial charge in [0.05, 0.1) is 19.3 Å². The summed E-state index contributed by atoms with van der Waals surface area (Å²) in [5.41, 5.74) is 2.40. The Morgan fingerprint density at radius 1 is 1.33 bits per heavy atom. The van der Waals surface area contributed by atoms with Crippen LogP contribution in [0.5, 0.6) is 5.75 Å². The fourth-order valence-corrected chi connectivity index (χ4v) is 2.32. The van der Waals surface area contributed by atoms with Gasteiger partial charge in [-0.3, -0.25) is 19.3 Å². The average Bonchev–Trinajstić information content (AvgIpc) is 2.45. The van der Waals surface area contributed by atoms with Gasteiger partial charge in [0.2, 0.25) is 0 Å².